The zero-order chi connectivity index (χ0) is 21.5. The molecule has 0 bridgehead atoms. The topological polar surface area (TPSA) is 111 Å². The summed E-state index contributed by atoms with van der Waals surface area (Å²) in [5.41, 5.74) is 4.08. The Kier molecular flexibility index (Phi) is 4.65. The van der Waals surface area contributed by atoms with Gasteiger partial charge in [0, 0.05) is 17.9 Å². The number of hydrogen-bond donors (Lipinski definition) is 2. The van der Waals surface area contributed by atoms with Crippen LogP contribution in [0, 0.1) is 12.8 Å². The standard InChI is InChI=1S/C22H23N7O2/c1-12(2)9-31-15-6-4-14(5-7-15)16-8-17(30)27-21-18(16)13(3)28-29(21)22-19-20(24-10-23-19)25-11-26-22/h4-7,10-12,16H,8-9H2,1-3H3,(H,27,30)(H,23,24,25,26)/t16-/m1/s1. The van der Waals surface area contributed by atoms with Gasteiger partial charge in [-0.1, -0.05) is 26.0 Å². The number of anilines is 1. The fraction of sp³-hybridized carbons (Fsp3) is 0.318. The molecule has 2 N–H and O–H groups in total. The first-order valence-corrected chi connectivity index (χ1v) is 10.3. The van der Waals surface area contributed by atoms with E-state index in [9.17, 15) is 4.79 Å². The van der Waals surface area contributed by atoms with Crippen molar-refractivity contribution in [2.24, 2.45) is 5.92 Å². The van der Waals surface area contributed by atoms with Crippen molar-refractivity contribution in [3.8, 4) is 11.6 Å². The van der Waals surface area contributed by atoms with Gasteiger partial charge >= 0.3 is 0 Å². The number of carbonyl (C=O) groups excluding carboxylic acids is 1. The van der Waals surface area contributed by atoms with E-state index in [0.29, 0.717) is 41.7 Å². The molecule has 158 valence electrons. The molecule has 3 aromatic heterocycles. The van der Waals surface area contributed by atoms with E-state index < -0.39 is 0 Å². The van der Waals surface area contributed by atoms with Crippen molar-refractivity contribution in [2.75, 3.05) is 11.9 Å². The smallest absolute Gasteiger partial charge is 0.226 e. The second-order valence-electron chi connectivity index (χ2n) is 8.14. The lowest BCUT2D eigenvalue weighted by molar-refractivity contribution is -0.116. The summed E-state index contributed by atoms with van der Waals surface area (Å²) in [6, 6.07) is 7.97. The first kappa shape index (κ1) is 19.2. The number of aromatic amines is 1. The average molecular weight is 417 g/mol. The predicted molar refractivity (Wildman–Crippen MR) is 115 cm³/mol. The molecule has 0 saturated carbocycles. The molecule has 1 aliphatic heterocycles. The van der Waals surface area contributed by atoms with Crippen LogP contribution in [-0.2, 0) is 4.79 Å². The summed E-state index contributed by atoms with van der Waals surface area (Å²) in [6.07, 6.45) is 3.37. The molecule has 1 aliphatic rings. The minimum Gasteiger partial charge on any atom is -0.493 e. The van der Waals surface area contributed by atoms with Crippen LogP contribution in [-0.4, -0.2) is 42.2 Å². The highest BCUT2D eigenvalue weighted by Gasteiger charge is 2.33. The Morgan fingerprint density at radius 3 is 2.77 bits per heavy atom. The van der Waals surface area contributed by atoms with Crippen LogP contribution in [0.1, 0.15) is 43.0 Å². The van der Waals surface area contributed by atoms with Gasteiger partial charge in [0.15, 0.2) is 11.5 Å². The van der Waals surface area contributed by atoms with Gasteiger partial charge in [-0.2, -0.15) is 9.78 Å². The van der Waals surface area contributed by atoms with E-state index in [4.69, 9.17) is 9.84 Å². The molecule has 31 heavy (non-hydrogen) atoms. The Balaban J connectivity index is 1.56. The van der Waals surface area contributed by atoms with Gasteiger partial charge in [0.05, 0.1) is 18.6 Å². The van der Waals surface area contributed by atoms with Crippen LogP contribution in [0.4, 0.5) is 5.82 Å². The maximum atomic E-state index is 12.6. The zero-order valence-electron chi connectivity index (χ0n) is 17.6. The number of nitrogens with one attached hydrogen (secondary N) is 2. The number of imidazole rings is 1. The van der Waals surface area contributed by atoms with E-state index in [1.165, 1.54) is 6.33 Å². The normalized spacial score (nSPS) is 15.9. The SMILES string of the molecule is Cc1nn(-c2ncnc3nc[nH]c23)c2c1[C@@H](c1ccc(OCC(C)C)cc1)CC(=O)N2. The van der Waals surface area contributed by atoms with Gasteiger partial charge in [-0.15, -0.1) is 0 Å². The first-order valence-electron chi connectivity index (χ1n) is 10.3. The molecule has 4 heterocycles. The lowest BCUT2D eigenvalue weighted by Crippen LogP contribution is -2.25. The second-order valence-corrected chi connectivity index (χ2v) is 8.14. The number of aryl methyl sites for hydroxylation is 1. The molecule has 1 aromatic carbocycles. The Hall–Kier alpha value is -3.75. The Labute approximate surface area is 178 Å². The van der Waals surface area contributed by atoms with Crippen molar-refractivity contribution in [3.63, 3.8) is 0 Å². The van der Waals surface area contributed by atoms with Gasteiger partial charge in [0.1, 0.15) is 23.4 Å². The van der Waals surface area contributed by atoms with Crippen molar-refractivity contribution in [1.29, 1.82) is 0 Å². The monoisotopic (exact) mass is 417 g/mol. The molecule has 0 unspecified atom stereocenters. The maximum absolute atomic E-state index is 12.6. The summed E-state index contributed by atoms with van der Waals surface area (Å²) in [4.78, 5) is 28.4. The fourth-order valence-corrected chi connectivity index (χ4v) is 3.96. The van der Waals surface area contributed by atoms with Gasteiger partial charge in [0.2, 0.25) is 5.91 Å². The molecule has 0 radical (unpaired) electrons. The Bertz CT molecular complexity index is 1260. The summed E-state index contributed by atoms with van der Waals surface area (Å²) >= 11 is 0. The molecular formula is C22H23N7O2. The van der Waals surface area contributed by atoms with Crippen LogP contribution in [0.25, 0.3) is 17.0 Å². The third kappa shape index (κ3) is 3.41. The quantitative estimate of drug-likeness (QED) is 0.515. The summed E-state index contributed by atoms with van der Waals surface area (Å²) < 4.78 is 7.46. The van der Waals surface area contributed by atoms with E-state index in [1.807, 2.05) is 31.2 Å². The van der Waals surface area contributed by atoms with Crippen molar-refractivity contribution in [2.45, 2.75) is 33.1 Å². The predicted octanol–water partition coefficient (Wildman–Crippen LogP) is 3.36. The number of benzene rings is 1. The van der Waals surface area contributed by atoms with Crippen molar-refractivity contribution >= 4 is 22.9 Å². The fourth-order valence-electron chi connectivity index (χ4n) is 3.96. The summed E-state index contributed by atoms with van der Waals surface area (Å²) in [5.74, 6) is 2.30. The number of aromatic nitrogens is 6. The first-order chi connectivity index (χ1) is 15.0. The van der Waals surface area contributed by atoms with Gasteiger partial charge in [-0.3, -0.25) is 4.79 Å². The number of H-pyrrole nitrogens is 1. The minimum atomic E-state index is -0.101. The average Bonchev–Trinajstić information content (AvgIpc) is 3.36. The van der Waals surface area contributed by atoms with Gasteiger partial charge in [0.25, 0.3) is 0 Å². The van der Waals surface area contributed by atoms with E-state index in [-0.39, 0.29) is 11.8 Å². The highest BCUT2D eigenvalue weighted by atomic mass is 16.5. The highest BCUT2D eigenvalue weighted by molar-refractivity contribution is 5.95. The van der Waals surface area contributed by atoms with Crippen LogP contribution in [0.2, 0.25) is 0 Å². The summed E-state index contributed by atoms with van der Waals surface area (Å²) in [5, 5.41) is 7.70. The Morgan fingerprint density at radius 2 is 2.00 bits per heavy atom. The Morgan fingerprint density at radius 1 is 1.19 bits per heavy atom. The summed E-state index contributed by atoms with van der Waals surface area (Å²) in [7, 11) is 0. The number of ether oxygens (including phenoxy) is 1. The summed E-state index contributed by atoms with van der Waals surface area (Å²) in [6.45, 7) is 6.85. The molecule has 0 aliphatic carbocycles. The molecule has 9 nitrogen and oxygen atoms in total. The highest BCUT2D eigenvalue weighted by Crippen LogP contribution is 2.40. The third-order valence-corrected chi connectivity index (χ3v) is 5.37. The van der Waals surface area contributed by atoms with E-state index >= 15 is 0 Å². The van der Waals surface area contributed by atoms with E-state index in [0.717, 1.165) is 22.6 Å². The molecule has 0 saturated heterocycles. The van der Waals surface area contributed by atoms with Crippen molar-refractivity contribution < 1.29 is 9.53 Å². The second kappa shape index (κ2) is 7.50. The number of hydrogen-bond acceptors (Lipinski definition) is 6. The van der Waals surface area contributed by atoms with Crippen LogP contribution in [0.15, 0.2) is 36.9 Å². The third-order valence-electron chi connectivity index (χ3n) is 5.37. The van der Waals surface area contributed by atoms with Crippen molar-refractivity contribution in [1.82, 2.24) is 29.7 Å². The number of fused-ring (bicyclic) bond motifs is 2. The molecular weight excluding hydrogens is 394 g/mol. The van der Waals surface area contributed by atoms with Crippen LogP contribution in [0.5, 0.6) is 5.75 Å². The molecule has 0 fully saturated rings. The van der Waals surface area contributed by atoms with E-state index in [1.54, 1.807) is 11.0 Å². The number of nitrogens with zero attached hydrogens (tertiary/aromatic N) is 5. The maximum Gasteiger partial charge on any atom is 0.226 e. The molecule has 1 atom stereocenters. The lowest BCUT2D eigenvalue weighted by Gasteiger charge is -2.24. The van der Waals surface area contributed by atoms with Crippen LogP contribution < -0.4 is 10.1 Å². The molecule has 1 amide bonds. The van der Waals surface area contributed by atoms with Gasteiger partial charge in [-0.25, -0.2) is 15.0 Å². The van der Waals surface area contributed by atoms with Crippen LogP contribution in [0.3, 0.4) is 0 Å². The van der Waals surface area contributed by atoms with Gasteiger partial charge in [-0.05, 0) is 30.5 Å². The lowest BCUT2D eigenvalue weighted by atomic mass is 9.86. The van der Waals surface area contributed by atoms with Gasteiger partial charge < -0.3 is 15.0 Å². The number of rotatable bonds is 5. The number of carbonyl (C=O) groups is 1. The van der Waals surface area contributed by atoms with Crippen LogP contribution >= 0.6 is 0 Å². The largest absolute Gasteiger partial charge is 0.493 e. The molecule has 5 rings (SSSR count). The van der Waals surface area contributed by atoms with E-state index in [2.05, 4.69) is 39.1 Å². The zero-order valence-corrected chi connectivity index (χ0v) is 17.6. The van der Waals surface area contributed by atoms with Crippen molar-refractivity contribution in [3.05, 3.63) is 53.7 Å². The molecule has 9 heteroatoms. The minimum absolute atomic E-state index is 0.0614. The molecule has 0 spiro atoms. The molecule has 4 aromatic rings. The number of amides is 1.